The lowest BCUT2D eigenvalue weighted by Crippen LogP contribution is -2.33. The normalized spacial score (nSPS) is 12.6. The minimum atomic E-state index is -0.336. The highest BCUT2D eigenvalue weighted by atomic mass is 127. The summed E-state index contributed by atoms with van der Waals surface area (Å²) in [5, 5.41) is 2.72. The van der Waals surface area contributed by atoms with E-state index in [2.05, 4.69) is 5.32 Å². The molecule has 0 aromatic heterocycles. The van der Waals surface area contributed by atoms with Crippen LogP contribution in [0.25, 0.3) is 0 Å². The number of hydrogen-bond acceptors (Lipinski definition) is 2. The van der Waals surface area contributed by atoms with E-state index in [1.165, 1.54) is 6.07 Å². The summed E-state index contributed by atoms with van der Waals surface area (Å²) >= 11 is 1.87. The molecule has 1 rings (SSSR count). The Bertz CT molecular complexity index is 409. The molecule has 0 aliphatic carbocycles. The molecule has 0 fully saturated rings. The van der Waals surface area contributed by atoms with Crippen LogP contribution < -0.4 is 11.1 Å². The molecule has 1 aromatic rings. The maximum absolute atomic E-state index is 13.3. The minimum Gasteiger partial charge on any atom is -0.330 e. The monoisotopic (exact) mass is 350 g/mol. The Morgan fingerprint density at radius 3 is 2.71 bits per heavy atom. The van der Waals surface area contributed by atoms with Crippen molar-refractivity contribution in [2.45, 2.75) is 13.8 Å². The van der Waals surface area contributed by atoms with Crippen LogP contribution in [0.15, 0.2) is 18.2 Å². The smallest absolute Gasteiger partial charge is 0.229 e. The lowest BCUT2D eigenvalue weighted by atomic mass is 9.95. The number of carbonyl (C=O) groups is 1. The Morgan fingerprint density at radius 1 is 1.53 bits per heavy atom. The van der Waals surface area contributed by atoms with Gasteiger partial charge in [-0.1, -0.05) is 19.9 Å². The molecule has 0 aliphatic heterocycles. The molecule has 0 saturated heterocycles. The zero-order chi connectivity index (χ0) is 13.0. The lowest BCUT2D eigenvalue weighted by Gasteiger charge is -2.18. The molecule has 0 saturated carbocycles. The fourth-order valence-corrected chi connectivity index (χ4v) is 2.00. The van der Waals surface area contributed by atoms with Gasteiger partial charge in [0.05, 0.1) is 15.2 Å². The van der Waals surface area contributed by atoms with E-state index in [1.807, 2.05) is 36.4 Å². The molecule has 0 heterocycles. The topological polar surface area (TPSA) is 55.1 Å². The third-order valence-corrected chi connectivity index (χ3v) is 3.70. The number of nitrogens with one attached hydrogen (secondary N) is 1. The van der Waals surface area contributed by atoms with Crippen molar-refractivity contribution in [2.75, 3.05) is 11.9 Å². The maximum atomic E-state index is 13.3. The van der Waals surface area contributed by atoms with Gasteiger partial charge in [-0.2, -0.15) is 0 Å². The molecule has 0 spiro atoms. The average Bonchev–Trinajstić information content (AvgIpc) is 2.25. The molecule has 1 amide bonds. The molecular weight excluding hydrogens is 334 g/mol. The third kappa shape index (κ3) is 3.64. The van der Waals surface area contributed by atoms with E-state index in [9.17, 15) is 9.18 Å². The number of amides is 1. The molecule has 1 aromatic carbocycles. The number of anilines is 1. The van der Waals surface area contributed by atoms with Crippen LogP contribution in [0, 0.1) is 21.2 Å². The van der Waals surface area contributed by atoms with Crippen molar-refractivity contribution in [3.05, 3.63) is 27.6 Å². The molecule has 1 atom stereocenters. The van der Waals surface area contributed by atoms with Gasteiger partial charge in [0, 0.05) is 6.54 Å². The molecule has 0 radical (unpaired) electrons. The van der Waals surface area contributed by atoms with Crippen molar-refractivity contribution < 1.29 is 9.18 Å². The highest BCUT2D eigenvalue weighted by Crippen LogP contribution is 2.22. The van der Waals surface area contributed by atoms with E-state index >= 15 is 0 Å². The second kappa shape index (κ2) is 6.30. The Hall–Kier alpha value is -0.690. The number of hydrogen-bond donors (Lipinski definition) is 2. The van der Waals surface area contributed by atoms with E-state index < -0.39 is 0 Å². The summed E-state index contributed by atoms with van der Waals surface area (Å²) in [7, 11) is 0. The average molecular weight is 350 g/mol. The van der Waals surface area contributed by atoms with Crippen molar-refractivity contribution in [3.8, 4) is 0 Å². The molecule has 3 nitrogen and oxygen atoms in total. The van der Waals surface area contributed by atoms with E-state index in [1.54, 1.807) is 12.1 Å². The zero-order valence-corrected chi connectivity index (χ0v) is 12.0. The Morgan fingerprint density at radius 2 is 2.18 bits per heavy atom. The van der Waals surface area contributed by atoms with Gasteiger partial charge in [-0.15, -0.1) is 0 Å². The third-order valence-electron chi connectivity index (χ3n) is 2.60. The quantitative estimate of drug-likeness (QED) is 0.821. The highest BCUT2D eigenvalue weighted by Gasteiger charge is 2.21. The van der Waals surface area contributed by atoms with Crippen LogP contribution in [0.3, 0.4) is 0 Å². The van der Waals surface area contributed by atoms with Gasteiger partial charge in [-0.25, -0.2) is 4.39 Å². The number of nitrogens with two attached hydrogens (primary N) is 1. The summed E-state index contributed by atoms with van der Waals surface area (Å²) in [5.74, 6) is -0.594. The Kier molecular flexibility index (Phi) is 5.32. The standard InChI is InChI=1S/C12H16FIN2O/c1-7(2)8(6-15)12(17)16-10-5-3-4-9(13)11(10)14/h3-5,7-8H,6,15H2,1-2H3,(H,16,17). The summed E-state index contributed by atoms with van der Waals surface area (Å²) in [6, 6.07) is 4.61. The van der Waals surface area contributed by atoms with Gasteiger partial charge >= 0.3 is 0 Å². The van der Waals surface area contributed by atoms with Crippen LogP contribution in [0.2, 0.25) is 0 Å². The van der Waals surface area contributed by atoms with Crippen LogP contribution in [0.4, 0.5) is 10.1 Å². The van der Waals surface area contributed by atoms with Gasteiger partial charge < -0.3 is 11.1 Å². The fraction of sp³-hybridized carbons (Fsp3) is 0.417. The van der Waals surface area contributed by atoms with Gasteiger partial charge in [-0.05, 0) is 40.6 Å². The number of rotatable bonds is 4. The molecule has 0 bridgehead atoms. The first kappa shape index (κ1) is 14.4. The van der Waals surface area contributed by atoms with Gasteiger partial charge in [0.15, 0.2) is 0 Å². The van der Waals surface area contributed by atoms with Crippen molar-refractivity contribution >= 4 is 34.2 Å². The molecule has 1 unspecified atom stereocenters. The Balaban J connectivity index is 2.84. The minimum absolute atomic E-state index is 0.159. The summed E-state index contributed by atoms with van der Waals surface area (Å²) in [6.07, 6.45) is 0. The fourth-order valence-electron chi connectivity index (χ4n) is 1.51. The first-order valence-corrected chi connectivity index (χ1v) is 6.50. The van der Waals surface area contributed by atoms with Crippen molar-refractivity contribution in [1.29, 1.82) is 0 Å². The van der Waals surface area contributed by atoms with Crippen LogP contribution in [0.5, 0.6) is 0 Å². The summed E-state index contributed by atoms with van der Waals surface area (Å²) in [4.78, 5) is 11.9. The number of halogens is 2. The van der Waals surface area contributed by atoms with Gasteiger partial charge in [0.2, 0.25) is 5.91 Å². The van der Waals surface area contributed by atoms with E-state index in [4.69, 9.17) is 5.73 Å². The number of benzene rings is 1. The summed E-state index contributed by atoms with van der Waals surface area (Å²) in [5.41, 5.74) is 6.05. The first-order valence-electron chi connectivity index (χ1n) is 5.42. The van der Waals surface area contributed by atoms with E-state index in [0.717, 1.165) is 0 Å². The molecular formula is C12H16FIN2O. The van der Waals surface area contributed by atoms with Crippen molar-refractivity contribution in [2.24, 2.45) is 17.6 Å². The lowest BCUT2D eigenvalue weighted by molar-refractivity contribution is -0.120. The molecule has 3 N–H and O–H groups in total. The molecule has 5 heteroatoms. The predicted molar refractivity (Wildman–Crippen MR) is 75.1 cm³/mol. The van der Waals surface area contributed by atoms with Crippen LogP contribution in [0.1, 0.15) is 13.8 Å². The SMILES string of the molecule is CC(C)C(CN)C(=O)Nc1cccc(F)c1I. The second-order valence-electron chi connectivity index (χ2n) is 4.18. The van der Waals surface area contributed by atoms with E-state index in [-0.39, 0.29) is 30.1 Å². The largest absolute Gasteiger partial charge is 0.330 e. The van der Waals surface area contributed by atoms with Crippen molar-refractivity contribution in [3.63, 3.8) is 0 Å². The molecule has 17 heavy (non-hydrogen) atoms. The number of carbonyl (C=O) groups excluding carboxylic acids is 1. The van der Waals surface area contributed by atoms with Crippen LogP contribution in [-0.2, 0) is 4.79 Å². The van der Waals surface area contributed by atoms with Crippen LogP contribution in [-0.4, -0.2) is 12.5 Å². The molecule has 94 valence electrons. The zero-order valence-electron chi connectivity index (χ0n) is 9.84. The maximum Gasteiger partial charge on any atom is 0.229 e. The molecule has 0 aliphatic rings. The second-order valence-corrected chi connectivity index (χ2v) is 5.26. The van der Waals surface area contributed by atoms with Crippen molar-refractivity contribution in [1.82, 2.24) is 0 Å². The van der Waals surface area contributed by atoms with Gasteiger partial charge in [-0.3, -0.25) is 4.79 Å². The Labute approximate surface area is 114 Å². The van der Waals surface area contributed by atoms with Gasteiger partial charge in [0.1, 0.15) is 5.82 Å². The highest BCUT2D eigenvalue weighted by molar-refractivity contribution is 14.1. The summed E-state index contributed by atoms with van der Waals surface area (Å²) < 4.78 is 13.7. The van der Waals surface area contributed by atoms with E-state index in [0.29, 0.717) is 9.26 Å². The predicted octanol–water partition coefficient (Wildman–Crippen LogP) is 2.60. The van der Waals surface area contributed by atoms with Gasteiger partial charge in [0.25, 0.3) is 0 Å². The summed E-state index contributed by atoms with van der Waals surface area (Å²) in [6.45, 7) is 4.16. The first-order chi connectivity index (χ1) is 7.97. The van der Waals surface area contributed by atoms with Crippen LogP contribution >= 0.6 is 22.6 Å².